The first-order valence-corrected chi connectivity index (χ1v) is 8.33. The monoisotopic (exact) mass is 397 g/mol. The molecule has 0 aromatic heterocycles. The summed E-state index contributed by atoms with van der Waals surface area (Å²) >= 11 is 12.2. The average Bonchev–Trinajstić information content (AvgIpc) is 2.60. The van der Waals surface area contributed by atoms with Gasteiger partial charge in [0.15, 0.2) is 18.1 Å². The van der Waals surface area contributed by atoms with Crippen LogP contribution in [0.15, 0.2) is 36.4 Å². The van der Waals surface area contributed by atoms with Gasteiger partial charge in [-0.2, -0.15) is 0 Å². The Hall–Kier alpha value is -2.44. The lowest BCUT2D eigenvalue weighted by atomic mass is 10.1. The van der Waals surface area contributed by atoms with Crippen molar-refractivity contribution in [2.24, 2.45) is 5.73 Å². The molecule has 6 nitrogen and oxygen atoms in total. The molecule has 0 spiro atoms. The van der Waals surface area contributed by atoms with Crippen molar-refractivity contribution in [3.8, 4) is 11.5 Å². The summed E-state index contributed by atoms with van der Waals surface area (Å²) in [7, 11) is 1.38. The molecule has 2 rings (SSSR count). The summed E-state index contributed by atoms with van der Waals surface area (Å²) in [5.41, 5.74) is 5.90. The largest absolute Gasteiger partial charge is 0.493 e. The number of hydrogen-bond acceptors (Lipinski definition) is 5. The van der Waals surface area contributed by atoms with E-state index in [4.69, 9.17) is 43.1 Å². The molecule has 26 heavy (non-hydrogen) atoms. The van der Waals surface area contributed by atoms with Crippen LogP contribution in [0.25, 0.3) is 0 Å². The van der Waals surface area contributed by atoms with E-state index in [2.05, 4.69) is 0 Å². The molecule has 8 heteroatoms. The summed E-state index contributed by atoms with van der Waals surface area (Å²) in [6.45, 7) is 1.34. The lowest BCUT2D eigenvalue weighted by molar-refractivity contribution is -0.119. The highest BCUT2D eigenvalue weighted by molar-refractivity contribution is 6.32. The zero-order valence-corrected chi connectivity index (χ0v) is 15.6. The smallest absolute Gasteiger partial charge is 0.338 e. The van der Waals surface area contributed by atoms with Gasteiger partial charge in [-0.1, -0.05) is 41.4 Å². The van der Waals surface area contributed by atoms with Crippen LogP contribution in [0.2, 0.25) is 10.0 Å². The van der Waals surface area contributed by atoms with Gasteiger partial charge in [0.05, 0.1) is 17.7 Å². The van der Waals surface area contributed by atoms with Crippen LogP contribution in [0, 0.1) is 0 Å². The topological polar surface area (TPSA) is 87.8 Å². The number of rotatable bonds is 7. The molecule has 2 N–H and O–H groups in total. The van der Waals surface area contributed by atoms with Crippen LogP contribution in [0.4, 0.5) is 0 Å². The second-order valence-corrected chi connectivity index (χ2v) is 6.13. The van der Waals surface area contributed by atoms with Crippen molar-refractivity contribution in [2.45, 2.75) is 13.0 Å². The number of halogens is 2. The summed E-state index contributed by atoms with van der Waals surface area (Å²) in [5.74, 6) is -0.987. The van der Waals surface area contributed by atoms with Crippen LogP contribution < -0.4 is 15.2 Å². The van der Waals surface area contributed by atoms with E-state index in [0.717, 1.165) is 0 Å². The maximum Gasteiger partial charge on any atom is 0.338 e. The third kappa shape index (κ3) is 4.80. The number of amides is 1. The van der Waals surface area contributed by atoms with E-state index < -0.39 is 18.0 Å². The van der Waals surface area contributed by atoms with Crippen molar-refractivity contribution in [3.63, 3.8) is 0 Å². The van der Waals surface area contributed by atoms with E-state index in [1.807, 2.05) is 0 Å². The molecule has 0 saturated carbocycles. The second-order valence-electron chi connectivity index (χ2n) is 5.31. The molecular weight excluding hydrogens is 381 g/mol. The molecule has 1 unspecified atom stereocenters. The molecule has 2 aromatic carbocycles. The van der Waals surface area contributed by atoms with Crippen molar-refractivity contribution < 1.29 is 23.8 Å². The van der Waals surface area contributed by atoms with E-state index in [0.29, 0.717) is 10.6 Å². The summed E-state index contributed by atoms with van der Waals surface area (Å²) in [6, 6.07) is 9.85. The standard InChI is InChI=1S/C18H17Cl2NO5/c1-10(12-5-3-4-6-13(12)19)26-18(23)11-7-14(20)17(15(8-11)24-2)25-9-16(21)22/h3-8,10H,9H2,1-2H3,(H2,21,22). The minimum Gasteiger partial charge on any atom is -0.493 e. The summed E-state index contributed by atoms with van der Waals surface area (Å²) in [5, 5.41) is 0.585. The summed E-state index contributed by atoms with van der Waals surface area (Å²) in [4.78, 5) is 23.3. The molecule has 0 heterocycles. The molecule has 138 valence electrons. The first kappa shape index (κ1) is 19.9. The third-order valence-electron chi connectivity index (χ3n) is 3.45. The van der Waals surface area contributed by atoms with Gasteiger partial charge in [0.1, 0.15) is 6.10 Å². The fourth-order valence-corrected chi connectivity index (χ4v) is 2.77. The Morgan fingerprint density at radius 3 is 2.46 bits per heavy atom. The van der Waals surface area contributed by atoms with Crippen LogP contribution in [-0.4, -0.2) is 25.6 Å². The lowest BCUT2D eigenvalue weighted by Crippen LogP contribution is -2.20. The number of esters is 1. The molecule has 0 fully saturated rings. The Labute approximate surface area is 160 Å². The van der Waals surface area contributed by atoms with E-state index in [-0.39, 0.29) is 28.7 Å². The lowest BCUT2D eigenvalue weighted by Gasteiger charge is -2.16. The number of ether oxygens (including phenoxy) is 3. The molecule has 2 aromatic rings. The molecule has 0 radical (unpaired) electrons. The van der Waals surface area contributed by atoms with Crippen LogP contribution in [0.1, 0.15) is 28.9 Å². The van der Waals surface area contributed by atoms with Crippen molar-refractivity contribution in [3.05, 3.63) is 57.6 Å². The van der Waals surface area contributed by atoms with E-state index in [9.17, 15) is 9.59 Å². The zero-order chi connectivity index (χ0) is 19.3. The number of carbonyl (C=O) groups is 2. The minimum absolute atomic E-state index is 0.0861. The Balaban J connectivity index is 2.22. The van der Waals surface area contributed by atoms with Gasteiger partial charge < -0.3 is 19.9 Å². The van der Waals surface area contributed by atoms with Gasteiger partial charge in [-0.25, -0.2) is 4.79 Å². The number of benzene rings is 2. The van der Waals surface area contributed by atoms with E-state index in [1.54, 1.807) is 31.2 Å². The molecule has 0 bridgehead atoms. The van der Waals surface area contributed by atoms with Crippen LogP contribution in [0.5, 0.6) is 11.5 Å². The summed E-state index contributed by atoms with van der Waals surface area (Å²) < 4.78 is 15.8. The number of carbonyl (C=O) groups excluding carboxylic acids is 2. The maximum atomic E-state index is 12.4. The van der Waals surface area contributed by atoms with E-state index in [1.165, 1.54) is 19.2 Å². The first-order chi connectivity index (χ1) is 12.3. The SMILES string of the molecule is COc1cc(C(=O)OC(C)c2ccccc2Cl)cc(Cl)c1OCC(N)=O. The number of methoxy groups -OCH3 is 1. The molecule has 0 saturated heterocycles. The van der Waals surface area contributed by atoms with Crippen molar-refractivity contribution in [1.29, 1.82) is 0 Å². The predicted octanol–water partition coefficient (Wildman–Crippen LogP) is 3.78. The molecule has 0 aliphatic carbocycles. The molecule has 0 aliphatic heterocycles. The van der Waals surface area contributed by atoms with Gasteiger partial charge in [0.25, 0.3) is 5.91 Å². The Bertz CT molecular complexity index is 825. The van der Waals surface area contributed by atoms with Crippen LogP contribution in [-0.2, 0) is 9.53 Å². The predicted molar refractivity (Wildman–Crippen MR) is 98.0 cm³/mol. The van der Waals surface area contributed by atoms with Crippen LogP contribution >= 0.6 is 23.2 Å². The molecule has 0 aliphatic rings. The van der Waals surface area contributed by atoms with Crippen molar-refractivity contribution in [1.82, 2.24) is 0 Å². The van der Waals surface area contributed by atoms with Gasteiger partial charge in [-0.05, 0) is 25.1 Å². The number of nitrogens with two attached hydrogens (primary N) is 1. The fraction of sp³-hybridized carbons (Fsp3) is 0.222. The maximum absolute atomic E-state index is 12.4. The van der Waals surface area contributed by atoms with Gasteiger partial charge in [-0.15, -0.1) is 0 Å². The van der Waals surface area contributed by atoms with Gasteiger partial charge in [0.2, 0.25) is 0 Å². The molecular formula is C18H17Cl2NO5. The zero-order valence-electron chi connectivity index (χ0n) is 14.1. The Kier molecular flexibility index (Phi) is 6.71. The number of primary amides is 1. The van der Waals surface area contributed by atoms with Crippen molar-refractivity contribution >= 4 is 35.1 Å². The summed E-state index contributed by atoms with van der Waals surface area (Å²) in [6.07, 6.45) is -0.563. The highest BCUT2D eigenvalue weighted by atomic mass is 35.5. The second kappa shape index (κ2) is 8.78. The van der Waals surface area contributed by atoms with Crippen LogP contribution in [0.3, 0.4) is 0 Å². The quantitative estimate of drug-likeness (QED) is 0.718. The fourth-order valence-electron chi connectivity index (χ4n) is 2.22. The first-order valence-electron chi connectivity index (χ1n) is 7.57. The highest BCUT2D eigenvalue weighted by Crippen LogP contribution is 2.37. The van der Waals surface area contributed by atoms with E-state index >= 15 is 0 Å². The Morgan fingerprint density at radius 1 is 1.15 bits per heavy atom. The van der Waals surface area contributed by atoms with Gasteiger partial charge in [-0.3, -0.25) is 4.79 Å². The van der Waals surface area contributed by atoms with Gasteiger partial charge in [0, 0.05) is 10.6 Å². The normalized spacial score (nSPS) is 11.5. The van der Waals surface area contributed by atoms with Crippen molar-refractivity contribution in [2.75, 3.05) is 13.7 Å². The third-order valence-corrected chi connectivity index (χ3v) is 4.08. The number of hydrogen-bond donors (Lipinski definition) is 1. The minimum atomic E-state index is -0.667. The molecule has 1 amide bonds. The average molecular weight is 398 g/mol. The van der Waals surface area contributed by atoms with Gasteiger partial charge >= 0.3 is 5.97 Å². The molecule has 1 atom stereocenters. The highest BCUT2D eigenvalue weighted by Gasteiger charge is 2.20. The Morgan fingerprint density at radius 2 is 1.85 bits per heavy atom.